The Hall–Kier alpha value is -2.00. The number of hydrogen-bond acceptors (Lipinski definition) is 7. The second kappa shape index (κ2) is 10.5. The van der Waals surface area contributed by atoms with Crippen LogP contribution in [0.4, 0.5) is 0 Å². The number of methoxy groups -OCH3 is 1. The first-order chi connectivity index (χ1) is 14.8. The van der Waals surface area contributed by atoms with Gasteiger partial charge in [-0.15, -0.1) is 0 Å². The van der Waals surface area contributed by atoms with Crippen LogP contribution in [0, 0.1) is 0 Å². The standard InChI is InChI=1S/C23H28ClNO6/c1-4-30-25-13(2)15-7-5-14(6-8-15)11-17-12-16(9-10-18(17)24)22-20(27)19(26)21(28)23(29-3)31-22/h5-10,12,19-23,26-28H,4,11H2,1-3H3/b25-13+/t19-,20-,21+,22+,23+/m1/s1. The normalized spacial score (nSPS) is 26.7. The van der Waals surface area contributed by atoms with Gasteiger partial charge >= 0.3 is 0 Å². The van der Waals surface area contributed by atoms with E-state index in [0.29, 0.717) is 23.6 Å². The van der Waals surface area contributed by atoms with Crippen molar-refractivity contribution < 1.29 is 29.6 Å². The highest BCUT2D eigenvalue weighted by atomic mass is 35.5. The van der Waals surface area contributed by atoms with Crippen LogP contribution in [0.5, 0.6) is 0 Å². The predicted molar refractivity (Wildman–Crippen MR) is 117 cm³/mol. The Kier molecular flexibility index (Phi) is 8.05. The smallest absolute Gasteiger partial charge is 0.186 e. The average molecular weight is 450 g/mol. The number of nitrogens with zero attached hydrogens (tertiary/aromatic N) is 1. The van der Waals surface area contributed by atoms with E-state index in [1.54, 1.807) is 12.1 Å². The van der Waals surface area contributed by atoms with Crippen LogP contribution in [0.3, 0.4) is 0 Å². The fraction of sp³-hybridized carbons (Fsp3) is 0.435. The molecule has 0 aliphatic carbocycles. The molecule has 0 radical (unpaired) electrons. The average Bonchev–Trinajstić information content (AvgIpc) is 2.78. The Morgan fingerprint density at radius 3 is 2.42 bits per heavy atom. The van der Waals surface area contributed by atoms with E-state index in [1.165, 1.54) is 7.11 Å². The highest BCUT2D eigenvalue weighted by Crippen LogP contribution is 2.34. The minimum absolute atomic E-state index is 0.519. The molecule has 0 saturated carbocycles. The molecule has 0 bridgehead atoms. The molecule has 0 spiro atoms. The molecule has 1 aliphatic heterocycles. The summed E-state index contributed by atoms with van der Waals surface area (Å²) in [6.07, 6.45) is -5.37. The van der Waals surface area contributed by atoms with Gasteiger partial charge in [-0.1, -0.05) is 53.2 Å². The van der Waals surface area contributed by atoms with Crippen LogP contribution in [0.1, 0.15) is 42.2 Å². The summed E-state index contributed by atoms with van der Waals surface area (Å²) in [6, 6.07) is 13.2. The zero-order chi connectivity index (χ0) is 22.5. The van der Waals surface area contributed by atoms with Crippen LogP contribution >= 0.6 is 11.6 Å². The molecule has 0 amide bonds. The van der Waals surface area contributed by atoms with Gasteiger partial charge in [-0.3, -0.25) is 0 Å². The van der Waals surface area contributed by atoms with Gasteiger partial charge < -0.3 is 29.6 Å². The van der Waals surface area contributed by atoms with Crippen LogP contribution in [0.2, 0.25) is 5.02 Å². The van der Waals surface area contributed by atoms with Gasteiger partial charge in [-0.2, -0.15) is 0 Å². The molecule has 1 aliphatic rings. The van der Waals surface area contributed by atoms with Crippen LogP contribution in [0.15, 0.2) is 47.6 Å². The van der Waals surface area contributed by atoms with Crippen molar-refractivity contribution in [1.82, 2.24) is 0 Å². The molecule has 3 N–H and O–H groups in total. The van der Waals surface area contributed by atoms with E-state index in [2.05, 4.69) is 5.16 Å². The van der Waals surface area contributed by atoms with E-state index >= 15 is 0 Å². The highest BCUT2D eigenvalue weighted by molar-refractivity contribution is 6.31. The van der Waals surface area contributed by atoms with Gasteiger partial charge in [-0.05, 0) is 48.6 Å². The SMILES string of the molecule is CCO/N=C(\C)c1ccc(Cc2cc([C@@H]3O[C@H](OC)[C@@H](O)[C@H](O)[C@H]3O)ccc2Cl)cc1. The first-order valence-electron chi connectivity index (χ1n) is 10.1. The topological polar surface area (TPSA) is 101 Å². The first-order valence-corrected chi connectivity index (χ1v) is 10.5. The second-order valence-corrected chi connectivity index (χ2v) is 7.86. The Morgan fingerprint density at radius 2 is 1.77 bits per heavy atom. The van der Waals surface area contributed by atoms with Crippen molar-refractivity contribution in [2.75, 3.05) is 13.7 Å². The maximum absolute atomic E-state index is 10.4. The van der Waals surface area contributed by atoms with Crippen LogP contribution in [-0.2, 0) is 20.7 Å². The minimum atomic E-state index is -1.39. The van der Waals surface area contributed by atoms with E-state index in [4.69, 9.17) is 25.9 Å². The monoisotopic (exact) mass is 449 g/mol. The summed E-state index contributed by atoms with van der Waals surface area (Å²) in [6.45, 7) is 4.29. The van der Waals surface area contributed by atoms with Crippen molar-refractivity contribution in [2.45, 2.75) is 51.0 Å². The van der Waals surface area contributed by atoms with Crippen molar-refractivity contribution in [2.24, 2.45) is 5.16 Å². The van der Waals surface area contributed by atoms with Crippen LogP contribution in [-0.4, -0.2) is 59.3 Å². The lowest BCUT2D eigenvalue weighted by Crippen LogP contribution is -2.54. The lowest BCUT2D eigenvalue weighted by atomic mass is 9.92. The molecule has 8 heteroatoms. The van der Waals surface area contributed by atoms with E-state index in [0.717, 1.165) is 22.4 Å². The number of ether oxygens (including phenoxy) is 2. The first kappa shape index (κ1) is 23.7. The van der Waals surface area contributed by atoms with E-state index in [9.17, 15) is 15.3 Å². The molecule has 1 heterocycles. The highest BCUT2D eigenvalue weighted by Gasteiger charge is 2.44. The van der Waals surface area contributed by atoms with Crippen molar-refractivity contribution in [3.63, 3.8) is 0 Å². The third kappa shape index (κ3) is 5.44. The number of aliphatic hydroxyl groups is 3. The fourth-order valence-electron chi connectivity index (χ4n) is 3.52. The zero-order valence-corrected chi connectivity index (χ0v) is 18.5. The van der Waals surface area contributed by atoms with Crippen LogP contribution < -0.4 is 0 Å². The van der Waals surface area contributed by atoms with Crippen molar-refractivity contribution >= 4 is 17.3 Å². The van der Waals surface area contributed by atoms with Crippen molar-refractivity contribution in [3.05, 3.63) is 69.7 Å². The summed E-state index contributed by atoms with van der Waals surface area (Å²) < 4.78 is 10.8. The maximum Gasteiger partial charge on any atom is 0.186 e. The maximum atomic E-state index is 10.4. The number of oxime groups is 1. The fourth-order valence-corrected chi connectivity index (χ4v) is 3.71. The van der Waals surface area contributed by atoms with E-state index in [1.807, 2.05) is 44.2 Å². The van der Waals surface area contributed by atoms with Gasteiger partial charge in [0, 0.05) is 12.1 Å². The Morgan fingerprint density at radius 1 is 1.06 bits per heavy atom. The molecule has 3 rings (SSSR count). The molecule has 2 aromatic carbocycles. The molecule has 7 nitrogen and oxygen atoms in total. The summed E-state index contributed by atoms with van der Waals surface area (Å²) in [4.78, 5) is 5.10. The largest absolute Gasteiger partial charge is 0.396 e. The zero-order valence-electron chi connectivity index (χ0n) is 17.7. The molecule has 1 fully saturated rings. The van der Waals surface area contributed by atoms with Gasteiger partial charge in [0.1, 0.15) is 31.0 Å². The second-order valence-electron chi connectivity index (χ2n) is 7.45. The van der Waals surface area contributed by atoms with E-state index in [-0.39, 0.29) is 0 Å². The molecule has 2 aromatic rings. The van der Waals surface area contributed by atoms with Gasteiger partial charge in [0.25, 0.3) is 0 Å². The molecule has 31 heavy (non-hydrogen) atoms. The van der Waals surface area contributed by atoms with Crippen molar-refractivity contribution in [3.8, 4) is 0 Å². The Balaban J connectivity index is 1.80. The summed E-state index contributed by atoms with van der Waals surface area (Å²) in [5.41, 5.74) is 4.29. The number of benzene rings is 2. The molecule has 168 valence electrons. The Bertz CT molecular complexity index is 901. The summed E-state index contributed by atoms with van der Waals surface area (Å²) in [5, 5.41) is 35.2. The lowest BCUT2D eigenvalue weighted by molar-refractivity contribution is -0.292. The third-order valence-electron chi connectivity index (χ3n) is 5.30. The number of hydrogen-bond donors (Lipinski definition) is 3. The number of rotatable bonds is 7. The third-order valence-corrected chi connectivity index (χ3v) is 5.67. The minimum Gasteiger partial charge on any atom is -0.396 e. The molecular weight excluding hydrogens is 422 g/mol. The summed E-state index contributed by atoms with van der Waals surface area (Å²) in [7, 11) is 1.37. The number of aliphatic hydroxyl groups excluding tert-OH is 3. The predicted octanol–water partition coefficient (Wildman–Crippen LogP) is 2.82. The molecule has 0 aromatic heterocycles. The summed E-state index contributed by atoms with van der Waals surface area (Å²) >= 11 is 6.42. The van der Waals surface area contributed by atoms with Crippen molar-refractivity contribution in [1.29, 1.82) is 0 Å². The van der Waals surface area contributed by atoms with Gasteiger partial charge in [0.05, 0.1) is 5.71 Å². The molecule has 5 atom stereocenters. The van der Waals surface area contributed by atoms with Gasteiger partial charge in [0.15, 0.2) is 6.29 Å². The lowest BCUT2D eigenvalue weighted by Gasteiger charge is -2.40. The van der Waals surface area contributed by atoms with Gasteiger partial charge in [0.2, 0.25) is 0 Å². The van der Waals surface area contributed by atoms with Gasteiger partial charge in [-0.25, -0.2) is 0 Å². The molecule has 1 saturated heterocycles. The number of halogens is 1. The van der Waals surface area contributed by atoms with E-state index < -0.39 is 30.7 Å². The molecular formula is C23H28ClNO6. The quantitative estimate of drug-likeness (QED) is 0.444. The summed E-state index contributed by atoms with van der Waals surface area (Å²) in [5.74, 6) is 0. The molecule has 0 unspecified atom stereocenters. The Labute approximate surface area is 186 Å². The van der Waals surface area contributed by atoms with Crippen LogP contribution in [0.25, 0.3) is 0 Å².